The van der Waals surface area contributed by atoms with E-state index in [2.05, 4.69) is 6.92 Å². The predicted molar refractivity (Wildman–Crippen MR) is 96.7 cm³/mol. The number of carbonyl (C=O) groups excluding carboxylic acids is 1. The lowest BCUT2D eigenvalue weighted by atomic mass is 9.79. The molecule has 1 aliphatic carbocycles. The maximum atomic E-state index is 12.6. The third-order valence-corrected chi connectivity index (χ3v) is 7.75. The normalized spacial score (nSPS) is 24.9. The standard InChI is InChI=1S/C19H29NO4S/c1-2-3-5-15-7-9-16(10-8-15)19(21)20-12-18(13-20)25(22,23)14-17-6-4-11-24-17/h4,6,11,15-16,18H,2-3,5,7-10,12-14H2,1H3. The van der Waals surface area contributed by atoms with Gasteiger partial charge in [-0.3, -0.25) is 4.79 Å². The Balaban J connectivity index is 1.44. The van der Waals surface area contributed by atoms with E-state index in [4.69, 9.17) is 4.42 Å². The van der Waals surface area contributed by atoms with E-state index in [0.29, 0.717) is 18.8 Å². The van der Waals surface area contributed by atoms with Crippen LogP contribution in [-0.4, -0.2) is 37.6 Å². The number of hydrogen-bond acceptors (Lipinski definition) is 4. The Bertz CT molecular complexity index is 654. The number of nitrogens with zero attached hydrogens (tertiary/aromatic N) is 1. The fourth-order valence-electron chi connectivity index (χ4n) is 4.01. The zero-order valence-corrected chi connectivity index (χ0v) is 15.8. The molecule has 6 heteroatoms. The van der Waals surface area contributed by atoms with Crippen molar-refractivity contribution in [1.29, 1.82) is 0 Å². The summed E-state index contributed by atoms with van der Waals surface area (Å²) in [6, 6.07) is 3.37. The van der Waals surface area contributed by atoms with E-state index in [1.165, 1.54) is 25.5 Å². The second-order valence-corrected chi connectivity index (χ2v) is 9.89. The topological polar surface area (TPSA) is 67.6 Å². The van der Waals surface area contributed by atoms with Crippen LogP contribution in [0.2, 0.25) is 0 Å². The van der Waals surface area contributed by atoms with E-state index in [9.17, 15) is 13.2 Å². The summed E-state index contributed by atoms with van der Waals surface area (Å²) in [5.41, 5.74) is 0. The minimum Gasteiger partial charge on any atom is -0.468 e. The van der Waals surface area contributed by atoms with Crippen molar-refractivity contribution in [1.82, 2.24) is 4.90 Å². The number of carbonyl (C=O) groups is 1. The predicted octanol–water partition coefficient (Wildman–Crippen LogP) is 3.40. The molecule has 0 spiro atoms. The molecule has 0 radical (unpaired) electrons. The smallest absolute Gasteiger partial charge is 0.225 e. The molecule has 2 heterocycles. The Labute approximate surface area is 150 Å². The van der Waals surface area contributed by atoms with Gasteiger partial charge in [0.05, 0.1) is 11.5 Å². The second kappa shape index (κ2) is 7.94. The van der Waals surface area contributed by atoms with Crippen molar-refractivity contribution in [2.24, 2.45) is 11.8 Å². The molecule has 0 unspecified atom stereocenters. The van der Waals surface area contributed by atoms with E-state index < -0.39 is 15.1 Å². The summed E-state index contributed by atoms with van der Waals surface area (Å²) in [5.74, 6) is 1.44. The Morgan fingerprint density at radius 3 is 2.56 bits per heavy atom. The summed E-state index contributed by atoms with van der Waals surface area (Å²) < 4.78 is 29.9. The molecule has 1 amide bonds. The number of amides is 1. The minimum absolute atomic E-state index is 0.0742. The Morgan fingerprint density at radius 1 is 1.24 bits per heavy atom. The number of hydrogen-bond donors (Lipinski definition) is 0. The van der Waals surface area contributed by atoms with Gasteiger partial charge in [0, 0.05) is 19.0 Å². The summed E-state index contributed by atoms with van der Waals surface area (Å²) >= 11 is 0. The highest BCUT2D eigenvalue weighted by atomic mass is 32.2. The number of likely N-dealkylation sites (tertiary alicyclic amines) is 1. The van der Waals surface area contributed by atoms with Crippen LogP contribution < -0.4 is 0 Å². The summed E-state index contributed by atoms with van der Waals surface area (Å²) in [7, 11) is -3.25. The molecular formula is C19H29NO4S. The summed E-state index contributed by atoms with van der Waals surface area (Å²) in [6.07, 6.45) is 9.51. The van der Waals surface area contributed by atoms with Gasteiger partial charge in [-0.1, -0.05) is 26.2 Å². The Kier molecular flexibility index (Phi) is 5.87. The van der Waals surface area contributed by atoms with Crippen LogP contribution in [-0.2, 0) is 20.4 Å². The molecule has 0 N–H and O–H groups in total. The molecule has 1 aromatic rings. The van der Waals surface area contributed by atoms with Crippen LogP contribution in [0, 0.1) is 11.8 Å². The molecule has 0 aromatic carbocycles. The van der Waals surface area contributed by atoms with Crippen LogP contribution in [0.5, 0.6) is 0 Å². The van der Waals surface area contributed by atoms with Crippen LogP contribution in [0.4, 0.5) is 0 Å². The highest BCUT2D eigenvalue weighted by Gasteiger charge is 2.42. The van der Waals surface area contributed by atoms with Crippen LogP contribution in [0.1, 0.15) is 57.6 Å². The van der Waals surface area contributed by atoms with Gasteiger partial charge in [0.2, 0.25) is 5.91 Å². The first-order chi connectivity index (χ1) is 12.0. The molecule has 25 heavy (non-hydrogen) atoms. The number of rotatable bonds is 7. The van der Waals surface area contributed by atoms with E-state index in [-0.39, 0.29) is 17.6 Å². The van der Waals surface area contributed by atoms with Gasteiger partial charge in [-0.2, -0.15) is 0 Å². The Hall–Kier alpha value is -1.30. The third-order valence-electron chi connectivity index (χ3n) is 5.75. The van der Waals surface area contributed by atoms with Gasteiger partial charge in [0.1, 0.15) is 11.5 Å². The zero-order valence-electron chi connectivity index (χ0n) is 15.0. The van der Waals surface area contributed by atoms with Crippen molar-refractivity contribution in [2.75, 3.05) is 13.1 Å². The van der Waals surface area contributed by atoms with Crippen LogP contribution in [0.25, 0.3) is 0 Å². The maximum absolute atomic E-state index is 12.6. The molecule has 5 nitrogen and oxygen atoms in total. The average molecular weight is 368 g/mol. The quantitative estimate of drug-likeness (QED) is 0.741. The SMILES string of the molecule is CCCCC1CCC(C(=O)N2CC(S(=O)(=O)Cc3ccco3)C2)CC1. The van der Waals surface area contributed by atoms with Crippen LogP contribution in [0.15, 0.2) is 22.8 Å². The first kappa shape index (κ1) is 18.5. The van der Waals surface area contributed by atoms with Crippen molar-refractivity contribution in [3.05, 3.63) is 24.2 Å². The van der Waals surface area contributed by atoms with E-state index in [1.54, 1.807) is 17.0 Å². The molecule has 0 atom stereocenters. The van der Waals surface area contributed by atoms with E-state index in [0.717, 1.165) is 31.6 Å². The summed E-state index contributed by atoms with van der Waals surface area (Å²) in [5, 5.41) is -0.442. The maximum Gasteiger partial charge on any atom is 0.225 e. The van der Waals surface area contributed by atoms with Gasteiger partial charge < -0.3 is 9.32 Å². The van der Waals surface area contributed by atoms with Gasteiger partial charge >= 0.3 is 0 Å². The van der Waals surface area contributed by atoms with Gasteiger partial charge in [-0.25, -0.2) is 8.42 Å². The molecule has 1 aromatic heterocycles. The van der Waals surface area contributed by atoms with Gasteiger partial charge in [0.25, 0.3) is 0 Å². The van der Waals surface area contributed by atoms with E-state index >= 15 is 0 Å². The van der Waals surface area contributed by atoms with Crippen molar-refractivity contribution in [3.63, 3.8) is 0 Å². The number of sulfone groups is 1. The van der Waals surface area contributed by atoms with Crippen molar-refractivity contribution in [2.45, 2.75) is 62.9 Å². The van der Waals surface area contributed by atoms with Crippen LogP contribution >= 0.6 is 0 Å². The summed E-state index contributed by atoms with van der Waals surface area (Å²) in [6.45, 7) is 2.91. The average Bonchev–Trinajstić information content (AvgIpc) is 3.03. The molecule has 1 aliphatic heterocycles. The molecular weight excluding hydrogens is 338 g/mol. The first-order valence-corrected chi connectivity index (χ1v) is 11.2. The molecule has 0 bridgehead atoms. The zero-order chi connectivity index (χ0) is 17.9. The van der Waals surface area contributed by atoms with Gasteiger partial charge in [0.15, 0.2) is 9.84 Å². The molecule has 140 valence electrons. The molecule has 2 aliphatic rings. The van der Waals surface area contributed by atoms with Crippen molar-refractivity contribution in [3.8, 4) is 0 Å². The Morgan fingerprint density at radius 2 is 1.96 bits per heavy atom. The number of furan rings is 1. The number of unbranched alkanes of at least 4 members (excludes halogenated alkanes) is 1. The minimum atomic E-state index is -3.25. The molecule has 1 saturated carbocycles. The molecule has 3 rings (SSSR count). The lowest BCUT2D eigenvalue weighted by Crippen LogP contribution is -2.58. The summed E-state index contributed by atoms with van der Waals surface area (Å²) in [4.78, 5) is 14.3. The third kappa shape index (κ3) is 4.46. The van der Waals surface area contributed by atoms with Gasteiger partial charge in [-0.15, -0.1) is 0 Å². The van der Waals surface area contributed by atoms with Crippen LogP contribution in [0.3, 0.4) is 0 Å². The lowest BCUT2D eigenvalue weighted by molar-refractivity contribution is -0.140. The van der Waals surface area contributed by atoms with Crippen molar-refractivity contribution < 1.29 is 17.6 Å². The van der Waals surface area contributed by atoms with Crippen molar-refractivity contribution >= 4 is 15.7 Å². The second-order valence-electron chi connectivity index (χ2n) is 7.61. The highest BCUT2D eigenvalue weighted by molar-refractivity contribution is 7.91. The van der Waals surface area contributed by atoms with E-state index in [1.807, 2.05) is 0 Å². The largest absolute Gasteiger partial charge is 0.468 e. The molecule has 2 fully saturated rings. The first-order valence-electron chi connectivity index (χ1n) is 9.52. The lowest BCUT2D eigenvalue weighted by Gasteiger charge is -2.41. The molecule has 1 saturated heterocycles. The monoisotopic (exact) mass is 367 g/mol. The fraction of sp³-hybridized carbons (Fsp3) is 0.737. The highest BCUT2D eigenvalue weighted by Crippen LogP contribution is 2.34. The fourth-order valence-corrected chi connectivity index (χ4v) is 5.62. The van der Waals surface area contributed by atoms with Gasteiger partial charge in [-0.05, 0) is 43.7 Å².